The van der Waals surface area contributed by atoms with E-state index in [0.717, 1.165) is 11.9 Å². The Morgan fingerprint density at radius 1 is 1.35 bits per heavy atom. The summed E-state index contributed by atoms with van der Waals surface area (Å²) < 4.78 is 1.62. The van der Waals surface area contributed by atoms with Gasteiger partial charge in [0.2, 0.25) is 0 Å². The number of fused-ring (bicyclic) bond motifs is 1. The lowest BCUT2D eigenvalue weighted by molar-refractivity contribution is -0.142. The molecular formula is C14H15N3O3. The molecule has 0 spiro atoms. The van der Waals surface area contributed by atoms with Crippen molar-refractivity contribution in [2.45, 2.75) is 25.3 Å². The highest BCUT2D eigenvalue weighted by Crippen LogP contribution is 2.26. The van der Waals surface area contributed by atoms with E-state index in [4.69, 9.17) is 5.11 Å². The number of rotatable bonds is 3. The molecule has 2 unspecified atom stereocenters. The van der Waals surface area contributed by atoms with E-state index in [1.807, 2.05) is 18.2 Å². The van der Waals surface area contributed by atoms with Gasteiger partial charge in [-0.1, -0.05) is 12.5 Å². The van der Waals surface area contributed by atoms with Gasteiger partial charge in [0, 0.05) is 12.2 Å². The molecule has 2 aromatic rings. The molecule has 0 aliphatic heterocycles. The summed E-state index contributed by atoms with van der Waals surface area (Å²) in [5.74, 6) is -1.59. The first kappa shape index (κ1) is 12.7. The molecule has 2 heterocycles. The number of aromatic nitrogens is 2. The third-order valence-corrected chi connectivity index (χ3v) is 3.82. The highest BCUT2D eigenvalue weighted by atomic mass is 16.4. The standard InChI is InChI=1S/C14H15N3O3/c18-13(16-11-5-3-4-9(11)14(19)20)10-8-15-17-7-2-1-6-12(10)17/h1-2,6-9,11H,3-5H2,(H,16,18)(H,19,20). The zero-order chi connectivity index (χ0) is 14.1. The third-order valence-electron chi connectivity index (χ3n) is 3.82. The summed E-state index contributed by atoms with van der Waals surface area (Å²) in [5.41, 5.74) is 1.19. The summed E-state index contributed by atoms with van der Waals surface area (Å²) in [7, 11) is 0. The van der Waals surface area contributed by atoms with Crippen LogP contribution in [0, 0.1) is 5.92 Å². The van der Waals surface area contributed by atoms with Crippen LogP contribution < -0.4 is 5.32 Å². The molecule has 2 atom stereocenters. The number of nitrogens with zero attached hydrogens (tertiary/aromatic N) is 2. The lowest BCUT2D eigenvalue weighted by Gasteiger charge is -2.17. The van der Waals surface area contributed by atoms with E-state index >= 15 is 0 Å². The highest BCUT2D eigenvalue weighted by Gasteiger charge is 2.34. The number of aliphatic carboxylic acids is 1. The number of carboxylic acid groups (broad SMARTS) is 1. The van der Waals surface area contributed by atoms with Gasteiger partial charge in [0.15, 0.2) is 0 Å². The van der Waals surface area contributed by atoms with E-state index < -0.39 is 11.9 Å². The Balaban J connectivity index is 1.81. The van der Waals surface area contributed by atoms with Crippen LogP contribution in [0.2, 0.25) is 0 Å². The third kappa shape index (κ3) is 2.13. The molecule has 104 valence electrons. The summed E-state index contributed by atoms with van der Waals surface area (Å²) in [5, 5.41) is 16.1. The van der Waals surface area contributed by atoms with Gasteiger partial charge in [0.1, 0.15) is 0 Å². The Morgan fingerprint density at radius 2 is 2.20 bits per heavy atom. The molecule has 0 bridgehead atoms. The molecular weight excluding hydrogens is 258 g/mol. The summed E-state index contributed by atoms with van der Waals surface area (Å²) in [4.78, 5) is 23.4. The number of hydrogen-bond donors (Lipinski definition) is 2. The molecule has 0 radical (unpaired) electrons. The SMILES string of the molecule is O=C(NC1CCCC1C(=O)O)c1cnn2ccccc12. The summed E-state index contributed by atoms with van der Waals surface area (Å²) in [6.07, 6.45) is 5.44. The normalized spacial score (nSPS) is 22.0. The molecule has 1 aliphatic rings. The number of carboxylic acids is 1. The maximum atomic E-state index is 12.3. The van der Waals surface area contributed by atoms with Gasteiger partial charge in [-0.15, -0.1) is 0 Å². The van der Waals surface area contributed by atoms with Crippen molar-refractivity contribution in [2.75, 3.05) is 0 Å². The van der Waals surface area contributed by atoms with Crippen LogP contribution in [0.5, 0.6) is 0 Å². The largest absolute Gasteiger partial charge is 0.481 e. The average Bonchev–Trinajstić information content (AvgIpc) is 3.04. The van der Waals surface area contributed by atoms with Crippen molar-refractivity contribution >= 4 is 17.4 Å². The predicted molar refractivity (Wildman–Crippen MR) is 71.4 cm³/mol. The van der Waals surface area contributed by atoms with Crippen LogP contribution in [0.1, 0.15) is 29.6 Å². The quantitative estimate of drug-likeness (QED) is 0.883. The molecule has 6 heteroatoms. The molecule has 1 saturated carbocycles. The smallest absolute Gasteiger partial charge is 0.308 e. The van der Waals surface area contributed by atoms with Gasteiger partial charge in [0.25, 0.3) is 5.91 Å². The zero-order valence-corrected chi connectivity index (χ0v) is 10.8. The van der Waals surface area contributed by atoms with E-state index in [0.29, 0.717) is 18.4 Å². The maximum Gasteiger partial charge on any atom is 0.308 e. The first-order valence-corrected chi connectivity index (χ1v) is 6.63. The summed E-state index contributed by atoms with van der Waals surface area (Å²) in [6, 6.07) is 5.19. The van der Waals surface area contributed by atoms with Crippen molar-refractivity contribution in [3.05, 3.63) is 36.2 Å². The van der Waals surface area contributed by atoms with E-state index in [9.17, 15) is 9.59 Å². The molecule has 1 amide bonds. The van der Waals surface area contributed by atoms with Crippen molar-refractivity contribution in [1.29, 1.82) is 0 Å². The average molecular weight is 273 g/mol. The number of hydrogen-bond acceptors (Lipinski definition) is 3. The van der Waals surface area contributed by atoms with Crippen LogP contribution in [-0.2, 0) is 4.79 Å². The molecule has 2 aromatic heterocycles. The summed E-state index contributed by atoms with van der Waals surface area (Å²) >= 11 is 0. The van der Waals surface area contributed by atoms with Crippen LogP contribution in [0.4, 0.5) is 0 Å². The lowest BCUT2D eigenvalue weighted by atomic mass is 10.0. The van der Waals surface area contributed by atoms with Crippen LogP contribution >= 0.6 is 0 Å². The number of carbonyl (C=O) groups excluding carboxylic acids is 1. The number of pyridine rings is 1. The zero-order valence-electron chi connectivity index (χ0n) is 10.8. The molecule has 2 N–H and O–H groups in total. The van der Waals surface area contributed by atoms with Gasteiger partial charge in [0.05, 0.1) is 23.2 Å². The van der Waals surface area contributed by atoms with E-state index in [1.54, 1.807) is 10.7 Å². The Bertz CT molecular complexity index is 664. The highest BCUT2D eigenvalue weighted by molar-refractivity contribution is 6.00. The van der Waals surface area contributed by atoms with Crippen LogP contribution in [0.25, 0.3) is 5.52 Å². The fraction of sp³-hybridized carbons (Fsp3) is 0.357. The number of carbonyl (C=O) groups is 2. The van der Waals surface area contributed by atoms with Gasteiger partial charge in [-0.3, -0.25) is 9.59 Å². The van der Waals surface area contributed by atoms with Crippen molar-refractivity contribution in [3.63, 3.8) is 0 Å². The van der Waals surface area contributed by atoms with E-state index in [1.165, 1.54) is 6.20 Å². The minimum absolute atomic E-state index is 0.260. The molecule has 20 heavy (non-hydrogen) atoms. The fourth-order valence-corrected chi connectivity index (χ4v) is 2.78. The first-order valence-electron chi connectivity index (χ1n) is 6.63. The molecule has 0 aromatic carbocycles. The van der Waals surface area contributed by atoms with E-state index in [-0.39, 0.29) is 11.9 Å². The second-order valence-corrected chi connectivity index (χ2v) is 5.04. The number of amides is 1. The lowest BCUT2D eigenvalue weighted by Crippen LogP contribution is -2.40. The first-order chi connectivity index (χ1) is 9.66. The van der Waals surface area contributed by atoms with Crippen molar-refractivity contribution in [2.24, 2.45) is 5.92 Å². The van der Waals surface area contributed by atoms with Gasteiger partial charge < -0.3 is 10.4 Å². The summed E-state index contributed by atoms with van der Waals surface area (Å²) in [6.45, 7) is 0. The Labute approximate surface area is 115 Å². The minimum Gasteiger partial charge on any atom is -0.481 e. The van der Waals surface area contributed by atoms with Crippen LogP contribution in [0.15, 0.2) is 30.6 Å². The fourth-order valence-electron chi connectivity index (χ4n) is 2.78. The van der Waals surface area contributed by atoms with E-state index in [2.05, 4.69) is 10.4 Å². The molecule has 3 rings (SSSR count). The molecule has 6 nitrogen and oxygen atoms in total. The second kappa shape index (κ2) is 4.96. The maximum absolute atomic E-state index is 12.3. The van der Waals surface area contributed by atoms with Crippen LogP contribution in [-0.4, -0.2) is 32.6 Å². The Hall–Kier alpha value is -2.37. The predicted octanol–water partition coefficient (Wildman–Crippen LogP) is 1.32. The van der Waals surface area contributed by atoms with Crippen molar-refractivity contribution in [1.82, 2.24) is 14.9 Å². The molecule has 1 aliphatic carbocycles. The topological polar surface area (TPSA) is 83.7 Å². The molecule has 1 fully saturated rings. The molecule has 0 saturated heterocycles. The van der Waals surface area contributed by atoms with Gasteiger partial charge in [-0.2, -0.15) is 5.10 Å². The Kier molecular flexibility index (Phi) is 3.14. The Morgan fingerprint density at radius 3 is 3.00 bits per heavy atom. The number of nitrogens with one attached hydrogen (secondary N) is 1. The van der Waals surface area contributed by atoms with Crippen molar-refractivity contribution in [3.8, 4) is 0 Å². The van der Waals surface area contributed by atoms with Gasteiger partial charge >= 0.3 is 5.97 Å². The minimum atomic E-state index is -0.840. The van der Waals surface area contributed by atoms with Gasteiger partial charge in [-0.05, 0) is 25.0 Å². The van der Waals surface area contributed by atoms with Gasteiger partial charge in [-0.25, -0.2) is 4.52 Å². The van der Waals surface area contributed by atoms with Crippen molar-refractivity contribution < 1.29 is 14.7 Å². The van der Waals surface area contributed by atoms with Crippen LogP contribution in [0.3, 0.4) is 0 Å². The second-order valence-electron chi connectivity index (χ2n) is 5.04. The monoisotopic (exact) mass is 273 g/mol.